The number of methoxy groups -OCH3 is 1. The van der Waals surface area contributed by atoms with Crippen LogP contribution < -0.4 is 14.8 Å². The van der Waals surface area contributed by atoms with Crippen LogP contribution >= 0.6 is 0 Å². The molecule has 2 aromatic rings. The molecule has 1 fully saturated rings. The highest BCUT2D eigenvalue weighted by molar-refractivity contribution is 5.95. The lowest BCUT2D eigenvalue weighted by molar-refractivity contribution is -0.121. The third-order valence-electron chi connectivity index (χ3n) is 5.40. The van der Waals surface area contributed by atoms with Gasteiger partial charge in [-0.2, -0.15) is 0 Å². The van der Waals surface area contributed by atoms with E-state index in [1.165, 1.54) is 13.2 Å². The highest BCUT2D eigenvalue weighted by Gasteiger charge is 2.26. The Bertz CT molecular complexity index is 853. The van der Waals surface area contributed by atoms with Crippen LogP contribution in [-0.2, 0) is 11.3 Å². The molecule has 0 aromatic heterocycles. The van der Waals surface area contributed by atoms with E-state index >= 15 is 0 Å². The molecule has 1 saturated heterocycles. The van der Waals surface area contributed by atoms with Crippen molar-refractivity contribution in [3.05, 3.63) is 53.8 Å². The Morgan fingerprint density at radius 2 is 1.87 bits per heavy atom. The second-order valence-electron chi connectivity index (χ2n) is 7.38. The fraction of sp³-hybridized carbons (Fsp3) is 0.435. The Hall–Kier alpha value is -2.64. The molecular weight excluding hydrogens is 385 g/mol. The number of ether oxygens (including phenoxy) is 2. The van der Waals surface area contributed by atoms with Crippen molar-refractivity contribution in [3.63, 3.8) is 0 Å². The summed E-state index contributed by atoms with van der Waals surface area (Å²) in [6.45, 7) is 8.26. The number of hydrogen-bond acceptors (Lipinski definition) is 5. The van der Waals surface area contributed by atoms with Crippen molar-refractivity contribution in [2.45, 2.75) is 26.4 Å². The first kappa shape index (κ1) is 22.1. The lowest BCUT2D eigenvalue weighted by Gasteiger charge is -2.37. The molecule has 0 spiro atoms. The summed E-state index contributed by atoms with van der Waals surface area (Å²) in [6, 6.07) is 12.3. The van der Waals surface area contributed by atoms with Crippen LogP contribution in [0.15, 0.2) is 42.5 Å². The van der Waals surface area contributed by atoms with Gasteiger partial charge in [0.2, 0.25) is 5.91 Å². The number of halogens is 1. The molecule has 1 amide bonds. The highest BCUT2D eigenvalue weighted by Crippen LogP contribution is 2.24. The van der Waals surface area contributed by atoms with Crippen LogP contribution in [0.4, 0.5) is 10.1 Å². The van der Waals surface area contributed by atoms with Gasteiger partial charge < -0.3 is 14.8 Å². The van der Waals surface area contributed by atoms with Crippen molar-refractivity contribution < 1.29 is 18.7 Å². The Kier molecular flexibility index (Phi) is 7.65. The van der Waals surface area contributed by atoms with Gasteiger partial charge in [0.05, 0.1) is 25.4 Å². The van der Waals surface area contributed by atoms with Gasteiger partial charge in [-0.3, -0.25) is 14.6 Å². The summed E-state index contributed by atoms with van der Waals surface area (Å²) in [4.78, 5) is 17.2. The van der Waals surface area contributed by atoms with E-state index in [2.05, 4.69) is 15.1 Å². The summed E-state index contributed by atoms with van der Waals surface area (Å²) in [5, 5.41) is 2.99. The van der Waals surface area contributed by atoms with E-state index in [1.54, 1.807) is 6.07 Å². The molecule has 0 bridgehead atoms. The first-order valence-corrected chi connectivity index (χ1v) is 10.3. The quantitative estimate of drug-likeness (QED) is 0.716. The molecular formula is C23H30FN3O3. The van der Waals surface area contributed by atoms with Crippen molar-refractivity contribution in [1.82, 2.24) is 9.80 Å². The smallest absolute Gasteiger partial charge is 0.241 e. The molecule has 1 aliphatic rings. The summed E-state index contributed by atoms with van der Waals surface area (Å²) in [5.74, 6) is 0.547. The summed E-state index contributed by atoms with van der Waals surface area (Å²) in [5.41, 5.74) is 1.61. The van der Waals surface area contributed by atoms with E-state index in [9.17, 15) is 9.18 Å². The van der Waals surface area contributed by atoms with Crippen LogP contribution in [0.5, 0.6) is 11.5 Å². The van der Waals surface area contributed by atoms with Gasteiger partial charge in [0.25, 0.3) is 0 Å². The number of nitrogens with zero attached hydrogens (tertiary/aromatic N) is 2. The monoisotopic (exact) mass is 415 g/mol. The molecule has 0 aliphatic carbocycles. The lowest BCUT2D eigenvalue weighted by atomic mass is 10.1. The number of anilines is 1. The summed E-state index contributed by atoms with van der Waals surface area (Å²) in [6.07, 6.45) is 0. The normalized spacial score (nSPS) is 16.1. The van der Waals surface area contributed by atoms with Crippen molar-refractivity contribution in [2.75, 3.05) is 45.2 Å². The van der Waals surface area contributed by atoms with Gasteiger partial charge in [-0.05, 0) is 43.7 Å². The number of para-hydroxylation sites is 2. The summed E-state index contributed by atoms with van der Waals surface area (Å²) in [7, 11) is 1.46. The first-order chi connectivity index (χ1) is 14.5. The molecule has 1 atom stereocenters. The number of piperazine rings is 1. The van der Waals surface area contributed by atoms with Crippen LogP contribution in [0.25, 0.3) is 0 Å². The topological polar surface area (TPSA) is 54.0 Å². The van der Waals surface area contributed by atoms with Gasteiger partial charge >= 0.3 is 0 Å². The molecule has 1 heterocycles. The van der Waals surface area contributed by atoms with Crippen LogP contribution in [0.3, 0.4) is 0 Å². The minimum atomic E-state index is -0.341. The van der Waals surface area contributed by atoms with Crippen molar-refractivity contribution in [2.24, 2.45) is 0 Å². The predicted octanol–water partition coefficient (Wildman–Crippen LogP) is 3.38. The number of carbonyl (C=O) groups excluding carboxylic acids is 1. The molecule has 1 unspecified atom stereocenters. The van der Waals surface area contributed by atoms with Gasteiger partial charge in [0, 0.05) is 32.7 Å². The number of benzene rings is 2. The van der Waals surface area contributed by atoms with Gasteiger partial charge in [0.1, 0.15) is 5.75 Å². The molecule has 0 radical (unpaired) electrons. The van der Waals surface area contributed by atoms with Gasteiger partial charge in [-0.15, -0.1) is 0 Å². The van der Waals surface area contributed by atoms with Crippen molar-refractivity contribution in [1.29, 1.82) is 0 Å². The molecule has 1 N–H and O–H groups in total. The highest BCUT2D eigenvalue weighted by atomic mass is 19.1. The summed E-state index contributed by atoms with van der Waals surface area (Å²) >= 11 is 0. The maximum atomic E-state index is 13.9. The predicted molar refractivity (Wildman–Crippen MR) is 116 cm³/mol. The van der Waals surface area contributed by atoms with Crippen LogP contribution in [0.2, 0.25) is 0 Å². The zero-order chi connectivity index (χ0) is 21.5. The molecule has 6 nitrogen and oxygen atoms in total. The Morgan fingerprint density at radius 3 is 2.53 bits per heavy atom. The number of rotatable bonds is 8. The molecule has 30 heavy (non-hydrogen) atoms. The average molecular weight is 416 g/mol. The fourth-order valence-electron chi connectivity index (χ4n) is 3.63. The van der Waals surface area contributed by atoms with Crippen LogP contribution in [-0.4, -0.2) is 61.6 Å². The molecule has 2 aromatic carbocycles. The summed E-state index contributed by atoms with van der Waals surface area (Å²) < 4.78 is 24.5. The second kappa shape index (κ2) is 10.4. The lowest BCUT2D eigenvalue weighted by Crippen LogP contribution is -2.52. The van der Waals surface area contributed by atoms with E-state index in [-0.39, 0.29) is 23.5 Å². The van der Waals surface area contributed by atoms with Crippen molar-refractivity contribution >= 4 is 11.6 Å². The van der Waals surface area contributed by atoms with Crippen LogP contribution in [0, 0.1) is 5.82 Å². The zero-order valence-electron chi connectivity index (χ0n) is 17.9. The van der Waals surface area contributed by atoms with E-state index in [0.717, 1.165) is 31.7 Å². The Morgan fingerprint density at radius 1 is 1.13 bits per heavy atom. The maximum absolute atomic E-state index is 13.9. The van der Waals surface area contributed by atoms with Crippen LogP contribution in [0.1, 0.15) is 19.4 Å². The van der Waals surface area contributed by atoms with Gasteiger partial charge in [-0.25, -0.2) is 4.39 Å². The minimum Gasteiger partial charge on any atom is -0.494 e. The first-order valence-electron chi connectivity index (χ1n) is 10.3. The molecule has 162 valence electrons. The molecule has 7 heteroatoms. The third kappa shape index (κ3) is 5.49. The number of nitrogens with one attached hydrogen (secondary N) is 1. The Labute approximate surface area is 177 Å². The van der Waals surface area contributed by atoms with Crippen molar-refractivity contribution in [3.8, 4) is 11.5 Å². The fourth-order valence-corrected chi connectivity index (χ4v) is 3.63. The number of carbonyl (C=O) groups is 1. The van der Waals surface area contributed by atoms with Gasteiger partial charge in [-0.1, -0.05) is 18.2 Å². The second-order valence-corrected chi connectivity index (χ2v) is 7.38. The third-order valence-corrected chi connectivity index (χ3v) is 5.40. The molecule has 1 aliphatic heterocycles. The molecule has 0 saturated carbocycles. The van der Waals surface area contributed by atoms with E-state index in [4.69, 9.17) is 9.47 Å². The Balaban J connectivity index is 1.52. The maximum Gasteiger partial charge on any atom is 0.241 e. The van der Waals surface area contributed by atoms with E-state index < -0.39 is 0 Å². The standard InChI is InChI=1S/C23H30FN3O3/c1-4-30-22-8-6-5-7-20(22)25-23(28)17(2)27-13-11-26(12-14-27)16-18-9-10-21(29-3)19(24)15-18/h5-10,15,17H,4,11-14,16H2,1-3H3,(H,25,28). The largest absolute Gasteiger partial charge is 0.494 e. The van der Waals surface area contributed by atoms with Gasteiger partial charge in [0.15, 0.2) is 11.6 Å². The van der Waals surface area contributed by atoms with E-state index in [1.807, 2.05) is 44.2 Å². The van der Waals surface area contributed by atoms with E-state index in [0.29, 0.717) is 24.6 Å². The average Bonchev–Trinajstić information content (AvgIpc) is 2.75. The minimum absolute atomic E-state index is 0.0483. The number of amides is 1. The zero-order valence-corrected chi connectivity index (χ0v) is 17.9. The SMILES string of the molecule is CCOc1ccccc1NC(=O)C(C)N1CCN(Cc2ccc(OC)c(F)c2)CC1. The number of hydrogen-bond donors (Lipinski definition) is 1. The molecule has 3 rings (SSSR count).